The summed E-state index contributed by atoms with van der Waals surface area (Å²) in [5.41, 5.74) is 2.16. The number of anilines is 1. The molecule has 1 aliphatic rings. The van der Waals surface area contributed by atoms with Crippen molar-refractivity contribution in [2.75, 3.05) is 12.4 Å². The molecule has 0 aliphatic carbocycles. The number of fused-ring (bicyclic) bond motifs is 1. The SMILES string of the molecule is CN1C(=O)c2ccccc2NC1(C)c1ccccc1. The third-order valence-corrected chi connectivity index (χ3v) is 3.85. The fourth-order valence-corrected chi connectivity index (χ4v) is 2.54. The lowest BCUT2D eigenvalue weighted by atomic mass is 9.94. The smallest absolute Gasteiger partial charge is 0.257 e. The molecule has 0 bridgehead atoms. The summed E-state index contributed by atoms with van der Waals surface area (Å²) in [4.78, 5) is 14.2. The van der Waals surface area contributed by atoms with Crippen LogP contribution in [0.4, 0.5) is 5.69 Å². The van der Waals surface area contributed by atoms with Gasteiger partial charge in [-0.1, -0.05) is 42.5 Å². The number of hydrogen-bond donors (Lipinski definition) is 1. The first-order valence-electron chi connectivity index (χ1n) is 6.34. The Bertz CT molecular complexity index is 624. The normalized spacial score (nSPS) is 21.8. The van der Waals surface area contributed by atoms with Gasteiger partial charge in [-0.25, -0.2) is 0 Å². The number of carbonyl (C=O) groups is 1. The molecule has 1 N–H and O–H groups in total. The Labute approximate surface area is 112 Å². The number of hydrogen-bond acceptors (Lipinski definition) is 2. The molecule has 3 heteroatoms. The quantitative estimate of drug-likeness (QED) is 0.846. The first-order chi connectivity index (χ1) is 9.13. The zero-order chi connectivity index (χ0) is 13.5. The number of rotatable bonds is 1. The van der Waals surface area contributed by atoms with Crippen molar-refractivity contribution in [2.45, 2.75) is 12.6 Å². The van der Waals surface area contributed by atoms with Crippen molar-refractivity contribution >= 4 is 11.6 Å². The van der Waals surface area contributed by atoms with Gasteiger partial charge in [0.1, 0.15) is 5.66 Å². The van der Waals surface area contributed by atoms with Gasteiger partial charge < -0.3 is 10.2 Å². The van der Waals surface area contributed by atoms with Crippen LogP contribution in [0.2, 0.25) is 0 Å². The molecule has 1 amide bonds. The lowest BCUT2D eigenvalue weighted by Crippen LogP contribution is -2.53. The number of carbonyl (C=O) groups excluding carboxylic acids is 1. The van der Waals surface area contributed by atoms with Gasteiger partial charge in [-0.15, -0.1) is 0 Å². The predicted molar refractivity (Wildman–Crippen MR) is 76.0 cm³/mol. The Hall–Kier alpha value is -2.29. The molecule has 0 aromatic heterocycles. The van der Waals surface area contributed by atoms with E-state index in [9.17, 15) is 4.79 Å². The Morgan fingerprint density at radius 2 is 1.63 bits per heavy atom. The molecular weight excluding hydrogens is 236 g/mol. The van der Waals surface area contributed by atoms with Gasteiger partial charge in [-0.05, 0) is 24.6 Å². The zero-order valence-electron chi connectivity index (χ0n) is 11.1. The van der Waals surface area contributed by atoms with Crippen molar-refractivity contribution in [3.05, 3.63) is 65.7 Å². The lowest BCUT2D eigenvalue weighted by molar-refractivity contribution is 0.0615. The maximum atomic E-state index is 12.5. The molecule has 96 valence electrons. The Balaban J connectivity index is 2.13. The van der Waals surface area contributed by atoms with Crippen molar-refractivity contribution in [1.29, 1.82) is 0 Å². The van der Waals surface area contributed by atoms with Crippen molar-refractivity contribution in [3.63, 3.8) is 0 Å². The fourth-order valence-electron chi connectivity index (χ4n) is 2.54. The Kier molecular flexibility index (Phi) is 2.56. The molecule has 1 unspecified atom stereocenters. The highest BCUT2D eigenvalue weighted by Crippen LogP contribution is 2.36. The second-order valence-corrected chi connectivity index (χ2v) is 4.97. The van der Waals surface area contributed by atoms with Crippen LogP contribution >= 0.6 is 0 Å². The van der Waals surface area contributed by atoms with Gasteiger partial charge in [0.05, 0.1) is 5.56 Å². The molecule has 1 heterocycles. The molecule has 19 heavy (non-hydrogen) atoms. The molecular formula is C16H16N2O. The van der Waals surface area contributed by atoms with E-state index in [1.165, 1.54) is 0 Å². The van der Waals surface area contributed by atoms with E-state index in [2.05, 4.69) is 5.32 Å². The summed E-state index contributed by atoms with van der Waals surface area (Å²) in [6.45, 7) is 2.02. The molecule has 1 aliphatic heterocycles. The van der Waals surface area contributed by atoms with Crippen LogP contribution in [0, 0.1) is 0 Å². The van der Waals surface area contributed by atoms with Crippen LogP contribution in [-0.4, -0.2) is 17.9 Å². The standard InChI is InChI=1S/C16H16N2O/c1-16(12-8-4-3-5-9-12)17-14-11-7-6-10-13(14)15(19)18(16)2/h3-11,17H,1-2H3. The number of nitrogens with zero attached hydrogens (tertiary/aromatic N) is 1. The second-order valence-electron chi connectivity index (χ2n) is 4.97. The van der Waals surface area contributed by atoms with Crippen LogP contribution in [-0.2, 0) is 5.66 Å². The first-order valence-corrected chi connectivity index (χ1v) is 6.34. The monoisotopic (exact) mass is 252 g/mol. The summed E-state index contributed by atoms with van der Waals surface area (Å²) >= 11 is 0. The molecule has 0 saturated carbocycles. The molecule has 3 nitrogen and oxygen atoms in total. The van der Waals surface area contributed by atoms with Crippen LogP contribution in [0.25, 0.3) is 0 Å². The highest BCUT2D eigenvalue weighted by atomic mass is 16.2. The third-order valence-electron chi connectivity index (χ3n) is 3.85. The number of nitrogens with one attached hydrogen (secondary N) is 1. The van der Waals surface area contributed by atoms with Gasteiger partial charge in [0.25, 0.3) is 5.91 Å². The minimum atomic E-state index is -0.521. The average Bonchev–Trinajstić information content (AvgIpc) is 2.46. The van der Waals surface area contributed by atoms with E-state index < -0.39 is 5.66 Å². The first kappa shape index (κ1) is 11.8. The fraction of sp³-hybridized carbons (Fsp3) is 0.188. The van der Waals surface area contributed by atoms with Crippen LogP contribution in [0.5, 0.6) is 0 Å². The summed E-state index contributed by atoms with van der Waals surface area (Å²) < 4.78 is 0. The predicted octanol–water partition coefficient (Wildman–Crippen LogP) is 3.06. The van der Waals surface area contributed by atoms with E-state index in [1.54, 1.807) is 4.90 Å². The van der Waals surface area contributed by atoms with Crippen LogP contribution < -0.4 is 5.32 Å². The highest BCUT2D eigenvalue weighted by Gasteiger charge is 2.39. The van der Waals surface area contributed by atoms with Crippen molar-refractivity contribution < 1.29 is 4.79 Å². The van der Waals surface area contributed by atoms with Crippen LogP contribution in [0.3, 0.4) is 0 Å². The molecule has 2 aromatic rings. The lowest BCUT2D eigenvalue weighted by Gasteiger charge is -2.44. The van der Waals surface area contributed by atoms with Crippen molar-refractivity contribution in [1.82, 2.24) is 4.90 Å². The van der Waals surface area contributed by atoms with Gasteiger partial charge in [-0.2, -0.15) is 0 Å². The van der Waals surface area contributed by atoms with Crippen molar-refractivity contribution in [3.8, 4) is 0 Å². The van der Waals surface area contributed by atoms with Crippen molar-refractivity contribution in [2.24, 2.45) is 0 Å². The molecule has 3 rings (SSSR count). The van der Waals surface area contributed by atoms with E-state index in [1.807, 2.05) is 68.6 Å². The second kappa shape index (κ2) is 4.12. The van der Waals surface area contributed by atoms with E-state index >= 15 is 0 Å². The zero-order valence-corrected chi connectivity index (χ0v) is 11.1. The average molecular weight is 252 g/mol. The number of benzene rings is 2. The van der Waals surface area contributed by atoms with Gasteiger partial charge in [0, 0.05) is 12.7 Å². The van der Waals surface area contributed by atoms with E-state index in [0.29, 0.717) is 0 Å². The maximum Gasteiger partial charge on any atom is 0.257 e. The summed E-state index contributed by atoms with van der Waals surface area (Å²) in [6.07, 6.45) is 0. The van der Waals surface area contributed by atoms with E-state index in [4.69, 9.17) is 0 Å². The van der Waals surface area contributed by atoms with E-state index in [0.717, 1.165) is 16.8 Å². The van der Waals surface area contributed by atoms with Gasteiger partial charge in [-0.3, -0.25) is 4.79 Å². The minimum absolute atomic E-state index is 0.0423. The minimum Gasteiger partial charge on any atom is -0.358 e. The number of amides is 1. The summed E-state index contributed by atoms with van der Waals surface area (Å²) in [7, 11) is 1.83. The highest BCUT2D eigenvalue weighted by molar-refractivity contribution is 6.02. The van der Waals surface area contributed by atoms with Crippen LogP contribution in [0.15, 0.2) is 54.6 Å². The molecule has 0 radical (unpaired) electrons. The molecule has 0 spiro atoms. The summed E-state index contributed by atoms with van der Waals surface area (Å²) in [6, 6.07) is 17.6. The number of para-hydroxylation sites is 1. The van der Waals surface area contributed by atoms with Gasteiger partial charge >= 0.3 is 0 Å². The topological polar surface area (TPSA) is 32.3 Å². The Morgan fingerprint density at radius 1 is 1.00 bits per heavy atom. The molecule has 2 aromatic carbocycles. The molecule has 0 saturated heterocycles. The van der Waals surface area contributed by atoms with Gasteiger partial charge in [0.2, 0.25) is 0 Å². The largest absolute Gasteiger partial charge is 0.358 e. The summed E-state index contributed by atoms with van der Waals surface area (Å²) in [5.74, 6) is 0.0423. The Morgan fingerprint density at radius 3 is 2.37 bits per heavy atom. The summed E-state index contributed by atoms with van der Waals surface area (Å²) in [5, 5.41) is 3.47. The van der Waals surface area contributed by atoms with Crippen LogP contribution in [0.1, 0.15) is 22.8 Å². The molecule has 1 atom stereocenters. The maximum absolute atomic E-state index is 12.5. The van der Waals surface area contributed by atoms with Gasteiger partial charge in [0.15, 0.2) is 0 Å². The third kappa shape index (κ3) is 1.70. The van der Waals surface area contributed by atoms with E-state index in [-0.39, 0.29) is 5.91 Å². The molecule has 0 fully saturated rings.